The summed E-state index contributed by atoms with van der Waals surface area (Å²) in [6.07, 6.45) is 1.76. The fourth-order valence-electron chi connectivity index (χ4n) is 3.14. The van der Waals surface area contributed by atoms with Crippen LogP contribution in [0.25, 0.3) is 37.9 Å². The van der Waals surface area contributed by atoms with Crippen LogP contribution in [-0.4, -0.2) is 19.7 Å². The molecule has 0 spiro atoms. The maximum absolute atomic E-state index is 14.7. The second-order valence-electron chi connectivity index (χ2n) is 6.34. The number of nitrogens with zero attached hydrogens (tertiary/aromatic N) is 3. The molecule has 0 bridgehead atoms. The van der Waals surface area contributed by atoms with E-state index in [0.717, 1.165) is 5.56 Å². The minimum absolute atomic E-state index is 0.173. The number of hydrogen-bond donors (Lipinski definition) is 1. The molecule has 6 heteroatoms. The predicted molar refractivity (Wildman–Crippen MR) is 109 cm³/mol. The van der Waals surface area contributed by atoms with Gasteiger partial charge in [0, 0.05) is 16.7 Å². The van der Waals surface area contributed by atoms with Crippen molar-refractivity contribution >= 4 is 16.3 Å². The Morgan fingerprint density at radius 3 is 2.39 bits per heavy atom. The van der Waals surface area contributed by atoms with Crippen molar-refractivity contribution in [1.29, 1.82) is 0 Å². The number of rotatable bonds is 3. The number of imidazole rings is 1. The van der Waals surface area contributed by atoms with Crippen LogP contribution in [-0.2, 0) is 0 Å². The quantitative estimate of drug-likeness (QED) is 0.436. The van der Waals surface area contributed by atoms with Crippen molar-refractivity contribution in [3.63, 3.8) is 0 Å². The summed E-state index contributed by atoms with van der Waals surface area (Å²) in [5, 5.41) is 15.2. The van der Waals surface area contributed by atoms with Gasteiger partial charge in [-0.2, -0.15) is 5.10 Å². The third kappa shape index (κ3) is 2.84. The van der Waals surface area contributed by atoms with E-state index in [2.05, 4.69) is 10.1 Å². The summed E-state index contributed by atoms with van der Waals surface area (Å²) >= 11 is 1.37. The van der Waals surface area contributed by atoms with Crippen molar-refractivity contribution in [3.8, 4) is 38.7 Å². The topological polar surface area (TPSA) is 50.4 Å². The van der Waals surface area contributed by atoms with Crippen molar-refractivity contribution < 1.29 is 9.50 Å². The molecule has 1 N–H and O–H groups in total. The number of para-hydroxylation sites is 1. The van der Waals surface area contributed by atoms with Crippen LogP contribution in [0.4, 0.5) is 4.39 Å². The molecule has 3 aromatic carbocycles. The molecule has 28 heavy (non-hydrogen) atoms. The molecule has 0 unspecified atom stereocenters. The molecular weight excluding hydrogens is 373 g/mol. The number of aromatic nitrogens is 3. The fourth-order valence-corrected chi connectivity index (χ4v) is 4.01. The molecule has 0 saturated carbocycles. The van der Waals surface area contributed by atoms with Crippen LogP contribution in [0, 0.1) is 5.82 Å². The molecule has 5 aromatic rings. The predicted octanol–water partition coefficient (Wildman–Crippen LogP) is 5.64. The van der Waals surface area contributed by atoms with Gasteiger partial charge in [0.05, 0.1) is 11.9 Å². The Morgan fingerprint density at radius 2 is 1.64 bits per heavy atom. The highest BCUT2D eigenvalue weighted by Crippen LogP contribution is 2.33. The van der Waals surface area contributed by atoms with Crippen LogP contribution in [0.3, 0.4) is 0 Å². The van der Waals surface area contributed by atoms with Crippen LogP contribution in [0.5, 0.6) is 5.75 Å². The van der Waals surface area contributed by atoms with Crippen molar-refractivity contribution in [2.45, 2.75) is 0 Å². The van der Waals surface area contributed by atoms with Crippen molar-refractivity contribution in [3.05, 3.63) is 84.8 Å². The van der Waals surface area contributed by atoms with E-state index in [1.165, 1.54) is 17.4 Å². The van der Waals surface area contributed by atoms with Gasteiger partial charge in [-0.15, -0.1) is 0 Å². The lowest BCUT2D eigenvalue weighted by molar-refractivity contribution is 0.477. The lowest BCUT2D eigenvalue weighted by atomic mass is 10.0. The molecule has 2 aromatic heterocycles. The van der Waals surface area contributed by atoms with Gasteiger partial charge in [0.2, 0.25) is 4.96 Å². The number of halogens is 1. The number of phenols is 1. The Balaban J connectivity index is 1.51. The summed E-state index contributed by atoms with van der Waals surface area (Å²) < 4.78 is 16.3. The molecule has 0 fully saturated rings. The molecule has 0 atom stereocenters. The number of fused-ring (bicyclic) bond motifs is 1. The Morgan fingerprint density at radius 1 is 0.857 bits per heavy atom. The van der Waals surface area contributed by atoms with E-state index in [0.29, 0.717) is 32.4 Å². The highest BCUT2D eigenvalue weighted by molar-refractivity contribution is 7.19. The van der Waals surface area contributed by atoms with E-state index >= 15 is 0 Å². The zero-order valence-corrected chi connectivity index (χ0v) is 15.4. The Bertz CT molecular complexity index is 1260. The molecule has 0 saturated heterocycles. The first-order valence-electron chi connectivity index (χ1n) is 8.69. The van der Waals surface area contributed by atoms with Gasteiger partial charge in [-0.1, -0.05) is 65.9 Å². The van der Waals surface area contributed by atoms with Crippen molar-refractivity contribution in [2.75, 3.05) is 0 Å². The van der Waals surface area contributed by atoms with Gasteiger partial charge in [-0.3, -0.25) is 0 Å². The smallest absolute Gasteiger partial charge is 0.213 e. The number of hydrogen-bond acceptors (Lipinski definition) is 4. The van der Waals surface area contributed by atoms with Crippen LogP contribution >= 0.6 is 11.3 Å². The average molecular weight is 387 g/mol. The van der Waals surface area contributed by atoms with E-state index in [4.69, 9.17) is 0 Å². The number of benzene rings is 3. The average Bonchev–Trinajstić information content (AvgIpc) is 3.28. The molecule has 0 amide bonds. The summed E-state index contributed by atoms with van der Waals surface area (Å²) in [5.74, 6) is -0.113. The van der Waals surface area contributed by atoms with Crippen molar-refractivity contribution in [1.82, 2.24) is 14.6 Å². The summed E-state index contributed by atoms with van der Waals surface area (Å²) in [4.78, 5) is 5.22. The largest absolute Gasteiger partial charge is 0.507 e. The van der Waals surface area contributed by atoms with Gasteiger partial charge in [0.1, 0.15) is 16.6 Å². The highest BCUT2D eigenvalue weighted by Gasteiger charge is 2.14. The Hall–Kier alpha value is -3.51. The molecule has 136 valence electrons. The number of phenolic OH excluding ortho intramolecular Hbond substituents is 1. The molecule has 0 aliphatic heterocycles. The molecule has 0 aliphatic rings. The first-order chi connectivity index (χ1) is 13.7. The maximum Gasteiger partial charge on any atom is 0.213 e. The molecular formula is C22H14FN3OS. The van der Waals surface area contributed by atoms with E-state index in [1.807, 2.05) is 42.5 Å². The standard InChI is InChI=1S/C22H14FN3OS/c23-18-12-15(10-11-16(18)14-6-2-1-3-7-14)21-25-26-13-19(24-22(26)28-21)17-8-4-5-9-20(17)27/h1-13,27H. The summed E-state index contributed by atoms with van der Waals surface area (Å²) in [6.45, 7) is 0. The summed E-state index contributed by atoms with van der Waals surface area (Å²) in [5.41, 5.74) is 3.41. The van der Waals surface area contributed by atoms with E-state index in [-0.39, 0.29) is 11.6 Å². The Kier molecular flexibility index (Phi) is 3.91. The molecule has 5 rings (SSSR count). The van der Waals surface area contributed by atoms with Crippen LogP contribution in [0.15, 0.2) is 79.0 Å². The van der Waals surface area contributed by atoms with Gasteiger partial charge in [-0.25, -0.2) is 13.9 Å². The summed E-state index contributed by atoms with van der Waals surface area (Å²) in [7, 11) is 0. The van der Waals surface area contributed by atoms with Gasteiger partial charge in [0.25, 0.3) is 0 Å². The zero-order valence-electron chi connectivity index (χ0n) is 14.6. The minimum Gasteiger partial charge on any atom is -0.507 e. The van der Waals surface area contributed by atoms with Gasteiger partial charge in [0.15, 0.2) is 0 Å². The van der Waals surface area contributed by atoms with Gasteiger partial charge < -0.3 is 5.11 Å². The van der Waals surface area contributed by atoms with Gasteiger partial charge >= 0.3 is 0 Å². The minimum atomic E-state index is -0.286. The maximum atomic E-state index is 14.7. The van der Waals surface area contributed by atoms with E-state index in [1.54, 1.807) is 35.0 Å². The second kappa shape index (κ2) is 6.58. The van der Waals surface area contributed by atoms with Crippen LogP contribution in [0.2, 0.25) is 0 Å². The number of aromatic hydroxyl groups is 1. The third-order valence-electron chi connectivity index (χ3n) is 4.52. The van der Waals surface area contributed by atoms with Crippen LogP contribution < -0.4 is 0 Å². The first-order valence-corrected chi connectivity index (χ1v) is 9.50. The molecule has 2 heterocycles. The fraction of sp³-hybridized carbons (Fsp3) is 0. The monoisotopic (exact) mass is 387 g/mol. The van der Waals surface area contributed by atoms with E-state index in [9.17, 15) is 9.50 Å². The second-order valence-corrected chi connectivity index (χ2v) is 7.29. The van der Waals surface area contributed by atoms with E-state index < -0.39 is 0 Å². The highest BCUT2D eigenvalue weighted by atomic mass is 32.1. The zero-order chi connectivity index (χ0) is 19.1. The molecule has 0 radical (unpaired) electrons. The first kappa shape index (κ1) is 16.6. The third-order valence-corrected chi connectivity index (χ3v) is 5.50. The summed E-state index contributed by atoms with van der Waals surface area (Å²) in [6, 6.07) is 21.6. The van der Waals surface area contributed by atoms with Gasteiger partial charge in [-0.05, 0) is 23.8 Å². The SMILES string of the molecule is Oc1ccccc1-c1cn2nc(-c3ccc(-c4ccccc4)c(F)c3)sc2n1. The van der Waals surface area contributed by atoms with Crippen molar-refractivity contribution in [2.24, 2.45) is 0 Å². The lowest BCUT2D eigenvalue weighted by Crippen LogP contribution is -1.87. The molecule has 0 aliphatic carbocycles. The molecule has 4 nitrogen and oxygen atoms in total. The normalized spacial score (nSPS) is 11.2. The van der Waals surface area contributed by atoms with Crippen LogP contribution in [0.1, 0.15) is 0 Å². The lowest BCUT2D eigenvalue weighted by Gasteiger charge is -2.04. The Labute approximate surface area is 164 Å².